The van der Waals surface area contributed by atoms with Crippen molar-refractivity contribution in [3.63, 3.8) is 0 Å². The molecule has 0 saturated carbocycles. The van der Waals surface area contributed by atoms with Crippen LogP contribution < -0.4 is 4.74 Å². The Bertz CT molecular complexity index is 618. The van der Waals surface area contributed by atoms with Crippen molar-refractivity contribution in [2.24, 2.45) is 0 Å². The molecule has 2 aromatic carbocycles. The standard InChI is InChI=1S/C18H23O4PS/c1-4-21-23(22-5-2)24-18(14-9-7-6-8-10-14)16-13-15(20-3)11-12-17(16)19/h6-13,18-19H,4-5H2,1-3H3. The van der Waals surface area contributed by atoms with Crippen LogP contribution in [0.5, 0.6) is 11.5 Å². The maximum absolute atomic E-state index is 10.4. The van der Waals surface area contributed by atoms with E-state index in [1.807, 2.05) is 50.2 Å². The Balaban J connectivity index is 2.40. The van der Waals surface area contributed by atoms with E-state index in [1.165, 1.54) is 0 Å². The Morgan fingerprint density at radius 3 is 2.29 bits per heavy atom. The van der Waals surface area contributed by atoms with Crippen LogP contribution in [0.1, 0.15) is 30.2 Å². The molecule has 0 bridgehead atoms. The van der Waals surface area contributed by atoms with Crippen molar-refractivity contribution in [1.29, 1.82) is 0 Å². The van der Waals surface area contributed by atoms with E-state index < -0.39 is 7.58 Å². The van der Waals surface area contributed by atoms with E-state index in [0.717, 1.165) is 11.1 Å². The summed E-state index contributed by atoms with van der Waals surface area (Å²) in [6, 6.07) is 15.3. The first-order valence-electron chi connectivity index (χ1n) is 7.84. The quantitative estimate of drug-likeness (QED) is 0.592. The van der Waals surface area contributed by atoms with Crippen molar-refractivity contribution in [2.45, 2.75) is 19.1 Å². The molecule has 0 aromatic heterocycles. The van der Waals surface area contributed by atoms with E-state index in [1.54, 1.807) is 30.6 Å². The monoisotopic (exact) mass is 366 g/mol. The molecule has 0 aliphatic heterocycles. The lowest BCUT2D eigenvalue weighted by Gasteiger charge is -2.23. The van der Waals surface area contributed by atoms with Crippen LogP contribution in [-0.4, -0.2) is 25.4 Å². The largest absolute Gasteiger partial charge is 0.508 e. The molecule has 1 atom stereocenters. The Labute approximate surface area is 148 Å². The summed E-state index contributed by atoms with van der Waals surface area (Å²) in [5.41, 5.74) is 1.87. The summed E-state index contributed by atoms with van der Waals surface area (Å²) in [5.74, 6) is 0.946. The molecular formula is C18H23O4PS. The fraction of sp³-hybridized carbons (Fsp3) is 0.333. The van der Waals surface area contributed by atoms with Gasteiger partial charge in [0.15, 0.2) is 0 Å². The van der Waals surface area contributed by atoms with Crippen LogP contribution in [0.3, 0.4) is 0 Å². The van der Waals surface area contributed by atoms with Crippen molar-refractivity contribution in [3.8, 4) is 11.5 Å². The Kier molecular flexibility index (Phi) is 7.86. The number of methoxy groups -OCH3 is 1. The average Bonchev–Trinajstić information content (AvgIpc) is 2.61. The van der Waals surface area contributed by atoms with E-state index in [9.17, 15) is 5.11 Å². The highest BCUT2D eigenvalue weighted by atomic mass is 32.7. The van der Waals surface area contributed by atoms with Gasteiger partial charge in [-0.3, -0.25) is 0 Å². The van der Waals surface area contributed by atoms with Crippen LogP contribution in [0.25, 0.3) is 0 Å². The molecule has 24 heavy (non-hydrogen) atoms. The third-order valence-electron chi connectivity index (χ3n) is 3.28. The van der Waals surface area contributed by atoms with Gasteiger partial charge >= 0.3 is 0 Å². The highest BCUT2D eigenvalue weighted by Gasteiger charge is 2.25. The van der Waals surface area contributed by atoms with Crippen molar-refractivity contribution in [3.05, 3.63) is 59.7 Å². The van der Waals surface area contributed by atoms with Gasteiger partial charge in [0.05, 0.1) is 25.6 Å². The van der Waals surface area contributed by atoms with E-state index >= 15 is 0 Å². The molecule has 4 nitrogen and oxygen atoms in total. The second-order valence-corrected chi connectivity index (χ2v) is 8.05. The maximum Gasteiger partial charge on any atom is 0.238 e. The van der Waals surface area contributed by atoms with E-state index in [2.05, 4.69) is 0 Å². The normalized spacial score (nSPS) is 12.3. The average molecular weight is 366 g/mol. The zero-order valence-corrected chi connectivity index (χ0v) is 15.8. The first-order valence-corrected chi connectivity index (χ1v) is 10.5. The van der Waals surface area contributed by atoms with E-state index in [4.69, 9.17) is 13.8 Å². The SMILES string of the molecule is CCOP(OCC)SC(c1ccccc1)c1cc(OC)ccc1O. The molecule has 0 spiro atoms. The molecule has 0 amide bonds. The van der Waals surface area contributed by atoms with Crippen molar-refractivity contribution in [2.75, 3.05) is 20.3 Å². The van der Waals surface area contributed by atoms with E-state index in [-0.39, 0.29) is 11.0 Å². The second-order valence-electron chi connectivity index (χ2n) is 4.88. The van der Waals surface area contributed by atoms with Gasteiger partial charge in [0.1, 0.15) is 11.5 Å². The summed E-state index contributed by atoms with van der Waals surface area (Å²) < 4.78 is 16.8. The fourth-order valence-corrected chi connectivity index (χ4v) is 5.78. The van der Waals surface area contributed by atoms with Gasteiger partial charge < -0.3 is 18.9 Å². The lowest BCUT2D eigenvalue weighted by Crippen LogP contribution is -1.99. The zero-order valence-electron chi connectivity index (χ0n) is 14.1. The zero-order chi connectivity index (χ0) is 17.4. The Morgan fingerprint density at radius 2 is 1.71 bits per heavy atom. The maximum atomic E-state index is 10.4. The third-order valence-corrected chi connectivity index (χ3v) is 6.91. The number of benzene rings is 2. The number of aromatic hydroxyl groups is 1. The van der Waals surface area contributed by atoms with Gasteiger partial charge in [-0.05, 0) is 37.6 Å². The fourth-order valence-electron chi connectivity index (χ4n) is 2.19. The number of phenolic OH excluding ortho intramolecular Hbond substituents is 1. The molecule has 1 N–H and O–H groups in total. The molecule has 6 heteroatoms. The summed E-state index contributed by atoms with van der Waals surface area (Å²) >= 11 is 1.58. The topological polar surface area (TPSA) is 47.9 Å². The highest BCUT2D eigenvalue weighted by Crippen LogP contribution is 2.61. The molecule has 2 rings (SSSR count). The number of hydrogen-bond donors (Lipinski definition) is 1. The number of phenols is 1. The Morgan fingerprint density at radius 1 is 1.04 bits per heavy atom. The second kappa shape index (κ2) is 9.90. The predicted molar refractivity (Wildman–Crippen MR) is 101 cm³/mol. The van der Waals surface area contributed by atoms with Crippen LogP contribution in [-0.2, 0) is 9.05 Å². The molecule has 0 heterocycles. The number of rotatable bonds is 9. The summed E-state index contributed by atoms with van der Waals surface area (Å²) in [6.07, 6.45) is 0. The first-order chi connectivity index (χ1) is 11.7. The lowest BCUT2D eigenvalue weighted by atomic mass is 10.0. The summed E-state index contributed by atoms with van der Waals surface area (Å²) in [6.45, 7) is 5.08. The van der Waals surface area contributed by atoms with Gasteiger partial charge in [0.25, 0.3) is 0 Å². The van der Waals surface area contributed by atoms with Crippen LogP contribution in [0.15, 0.2) is 48.5 Å². The smallest absolute Gasteiger partial charge is 0.238 e. The molecule has 0 saturated heterocycles. The van der Waals surface area contributed by atoms with Gasteiger partial charge in [-0.25, -0.2) is 0 Å². The van der Waals surface area contributed by atoms with Gasteiger partial charge in [-0.1, -0.05) is 41.7 Å². The molecular weight excluding hydrogens is 343 g/mol. The van der Waals surface area contributed by atoms with Crippen LogP contribution >= 0.6 is 19.0 Å². The minimum Gasteiger partial charge on any atom is -0.508 e. The van der Waals surface area contributed by atoms with E-state index in [0.29, 0.717) is 19.0 Å². The predicted octanol–water partition coefficient (Wildman–Crippen LogP) is 5.52. The van der Waals surface area contributed by atoms with Crippen LogP contribution in [0.4, 0.5) is 0 Å². The van der Waals surface area contributed by atoms with Crippen LogP contribution in [0, 0.1) is 0 Å². The summed E-state index contributed by atoms with van der Waals surface area (Å²) in [4.78, 5) is 0. The van der Waals surface area contributed by atoms with Crippen molar-refractivity contribution in [1.82, 2.24) is 0 Å². The minimum atomic E-state index is -1.11. The van der Waals surface area contributed by atoms with Gasteiger partial charge in [-0.2, -0.15) is 0 Å². The summed E-state index contributed by atoms with van der Waals surface area (Å²) in [5, 5.41) is 10.3. The molecule has 0 aliphatic carbocycles. The Hall–Kier alpha value is -1.26. The summed E-state index contributed by atoms with van der Waals surface area (Å²) in [7, 11) is 0.510. The molecule has 130 valence electrons. The van der Waals surface area contributed by atoms with Gasteiger partial charge in [0.2, 0.25) is 7.58 Å². The van der Waals surface area contributed by atoms with Gasteiger partial charge in [0, 0.05) is 5.56 Å². The minimum absolute atomic E-state index is 0.106. The lowest BCUT2D eigenvalue weighted by molar-refractivity contribution is 0.283. The highest BCUT2D eigenvalue weighted by molar-refractivity contribution is 8.53. The van der Waals surface area contributed by atoms with Gasteiger partial charge in [-0.15, -0.1) is 0 Å². The van der Waals surface area contributed by atoms with Crippen molar-refractivity contribution >= 4 is 19.0 Å². The molecule has 0 radical (unpaired) electrons. The third kappa shape index (κ3) is 5.12. The molecule has 0 fully saturated rings. The number of ether oxygens (including phenoxy) is 1. The number of hydrogen-bond acceptors (Lipinski definition) is 5. The van der Waals surface area contributed by atoms with Crippen LogP contribution in [0.2, 0.25) is 0 Å². The molecule has 0 aliphatic rings. The molecule has 1 unspecified atom stereocenters. The first kappa shape index (κ1) is 19.1. The molecule has 2 aromatic rings. The van der Waals surface area contributed by atoms with Crippen molar-refractivity contribution < 1.29 is 18.9 Å².